The average molecular weight is 313 g/mol. The van der Waals surface area contributed by atoms with Gasteiger partial charge in [-0.2, -0.15) is 0 Å². The number of pyridine rings is 1. The van der Waals surface area contributed by atoms with Crippen LogP contribution in [0.1, 0.15) is 12.8 Å². The Morgan fingerprint density at radius 1 is 1.30 bits per heavy atom. The number of fused-ring (bicyclic) bond motifs is 1. The third kappa shape index (κ3) is 3.26. The zero-order chi connectivity index (χ0) is 16.2. The number of anilines is 1. The van der Waals surface area contributed by atoms with E-state index in [2.05, 4.69) is 10.3 Å². The molecule has 1 aromatic heterocycles. The van der Waals surface area contributed by atoms with E-state index in [9.17, 15) is 9.59 Å². The Hall–Kier alpha value is -2.63. The molecule has 1 aromatic carbocycles. The molecule has 1 saturated heterocycles. The van der Waals surface area contributed by atoms with Crippen molar-refractivity contribution in [1.29, 1.82) is 0 Å². The standard InChI is InChI=1S/C17H19N3O3/c1-23-17(22)20-10-4-5-12(11-20)16(21)19-15-8-2-7-14-13(15)6-3-9-18-14/h2-3,6-9,12H,4-5,10-11H2,1H3,(H,19,21). The molecule has 1 aliphatic rings. The monoisotopic (exact) mass is 313 g/mol. The Morgan fingerprint density at radius 2 is 2.17 bits per heavy atom. The van der Waals surface area contributed by atoms with Crippen LogP contribution in [0.4, 0.5) is 10.5 Å². The van der Waals surface area contributed by atoms with E-state index in [0.717, 1.165) is 29.4 Å². The quantitative estimate of drug-likeness (QED) is 0.925. The second kappa shape index (κ2) is 6.64. The SMILES string of the molecule is COC(=O)N1CCCC(C(=O)Nc2cccc3ncccc23)C1. The number of hydrogen-bond acceptors (Lipinski definition) is 4. The maximum absolute atomic E-state index is 12.6. The van der Waals surface area contributed by atoms with E-state index in [1.165, 1.54) is 7.11 Å². The summed E-state index contributed by atoms with van der Waals surface area (Å²) in [6.45, 7) is 1.02. The minimum Gasteiger partial charge on any atom is -0.453 e. The summed E-state index contributed by atoms with van der Waals surface area (Å²) in [5, 5.41) is 3.88. The fourth-order valence-corrected chi connectivity index (χ4v) is 2.93. The van der Waals surface area contributed by atoms with Gasteiger partial charge in [0.05, 0.1) is 24.2 Å². The van der Waals surface area contributed by atoms with E-state index in [-0.39, 0.29) is 17.9 Å². The van der Waals surface area contributed by atoms with Crippen LogP contribution in [0, 0.1) is 5.92 Å². The van der Waals surface area contributed by atoms with Gasteiger partial charge in [-0.05, 0) is 37.1 Å². The van der Waals surface area contributed by atoms with E-state index in [4.69, 9.17) is 4.74 Å². The normalized spacial score (nSPS) is 17.8. The smallest absolute Gasteiger partial charge is 0.409 e. The molecule has 6 nitrogen and oxygen atoms in total. The molecule has 1 unspecified atom stereocenters. The summed E-state index contributed by atoms with van der Waals surface area (Å²) in [4.78, 5) is 30.1. The highest BCUT2D eigenvalue weighted by Gasteiger charge is 2.29. The maximum Gasteiger partial charge on any atom is 0.409 e. The number of amides is 2. The summed E-state index contributed by atoms with van der Waals surface area (Å²) < 4.78 is 4.74. The highest BCUT2D eigenvalue weighted by atomic mass is 16.5. The number of aromatic nitrogens is 1. The molecule has 6 heteroatoms. The van der Waals surface area contributed by atoms with Gasteiger partial charge in [-0.15, -0.1) is 0 Å². The lowest BCUT2D eigenvalue weighted by atomic mass is 9.97. The van der Waals surface area contributed by atoms with Gasteiger partial charge in [0.15, 0.2) is 0 Å². The molecule has 1 aliphatic heterocycles. The molecule has 3 rings (SSSR count). The molecule has 0 spiro atoms. The van der Waals surface area contributed by atoms with E-state index < -0.39 is 0 Å². The van der Waals surface area contributed by atoms with Crippen LogP contribution in [-0.4, -0.2) is 42.1 Å². The number of benzene rings is 1. The van der Waals surface area contributed by atoms with Crippen molar-refractivity contribution in [3.8, 4) is 0 Å². The summed E-state index contributed by atoms with van der Waals surface area (Å²) in [5.41, 5.74) is 1.58. The first kappa shape index (κ1) is 15.3. The molecule has 0 bridgehead atoms. The maximum atomic E-state index is 12.6. The Labute approximate surface area is 134 Å². The van der Waals surface area contributed by atoms with Crippen molar-refractivity contribution in [3.05, 3.63) is 36.5 Å². The molecule has 2 amide bonds. The summed E-state index contributed by atoms with van der Waals surface area (Å²) in [5.74, 6) is -0.301. The summed E-state index contributed by atoms with van der Waals surface area (Å²) >= 11 is 0. The van der Waals surface area contributed by atoms with Crippen LogP contribution in [0.15, 0.2) is 36.5 Å². The molecule has 0 saturated carbocycles. The highest BCUT2D eigenvalue weighted by Crippen LogP contribution is 2.24. The van der Waals surface area contributed by atoms with E-state index in [1.807, 2.05) is 30.3 Å². The molecule has 2 heterocycles. The number of methoxy groups -OCH3 is 1. The number of nitrogens with zero attached hydrogens (tertiary/aromatic N) is 2. The van der Waals surface area contributed by atoms with Crippen molar-refractivity contribution in [2.24, 2.45) is 5.92 Å². The first-order chi connectivity index (χ1) is 11.2. The summed E-state index contributed by atoms with van der Waals surface area (Å²) in [6, 6.07) is 9.41. The first-order valence-electron chi connectivity index (χ1n) is 7.66. The van der Waals surface area contributed by atoms with Crippen molar-refractivity contribution in [3.63, 3.8) is 0 Å². The third-order valence-electron chi connectivity index (χ3n) is 4.13. The molecule has 2 aromatic rings. The second-order valence-electron chi connectivity index (χ2n) is 5.62. The van der Waals surface area contributed by atoms with Gasteiger partial charge in [0, 0.05) is 24.7 Å². The zero-order valence-electron chi connectivity index (χ0n) is 13.0. The van der Waals surface area contributed by atoms with Crippen LogP contribution in [0.2, 0.25) is 0 Å². The zero-order valence-corrected chi connectivity index (χ0v) is 13.0. The minimum absolute atomic E-state index is 0.0741. The molecule has 120 valence electrons. The number of rotatable bonds is 2. The predicted octanol–water partition coefficient (Wildman–Crippen LogP) is 2.65. The Kier molecular flexibility index (Phi) is 4.41. The van der Waals surface area contributed by atoms with Gasteiger partial charge in [0.2, 0.25) is 5.91 Å². The second-order valence-corrected chi connectivity index (χ2v) is 5.62. The van der Waals surface area contributed by atoms with E-state index in [1.54, 1.807) is 11.1 Å². The van der Waals surface area contributed by atoms with E-state index in [0.29, 0.717) is 13.1 Å². The number of carbonyl (C=O) groups is 2. The molecular weight excluding hydrogens is 294 g/mol. The average Bonchev–Trinajstić information content (AvgIpc) is 2.61. The van der Waals surface area contributed by atoms with Crippen molar-refractivity contribution in [2.45, 2.75) is 12.8 Å². The summed E-state index contributed by atoms with van der Waals surface area (Å²) in [7, 11) is 1.36. The molecule has 23 heavy (non-hydrogen) atoms. The van der Waals surface area contributed by atoms with Crippen LogP contribution in [0.5, 0.6) is 0 Å². The van der Waals surface area contributed by atoms with Gasteiger partial charge in [0.1, 0.15) is 0 Å². The van der Waals surface area contributed by atoms with E-state index >= 15 is 0 Å². The molecule has 0 radical (unpaired) electrons. The molecule has 1 N–H and O–H groups in total. The van der Waals surface area contributed by atoms with Crippen LogP contribution in [0.25, 0.3) is 10.9 Å². The molecule has 0 aliphatic carbocycles. The third-order valence-corrected chi connectivity index (χ3v) is 4.13. The fraction of sp³-hybridized carbons (Fsp3) is 0.353. The molecule has 1 atom stereocenters. The first-order valence-corrected chi connectivity index (χ1v) is 7.66. The Morgan fingerprint density at radius 3 is 3.00 bits per heavy atom. The lowest BCUT2D eigenvalue weighted by Gasteiger charge is -2.30. The number of likely N-dealkylation sites (tertiary alicyclic amines) is 1. The largest absolute Gasteiger partial charge is 0.453 e. The highest BCUT2D eigenvalue weighted by molar-refractivity contribution is 6.01. The number of nitrogens with one attached hydrogen (secondary N) is 1. The van der Waals surface area contributed by atoms with Gasteiger partial charge in [-0.3, -0.25) is 9.78 Å². The van der Waals surface area contributed by atoms with Gasteiger partial charge >= 0.3 is 6.09 Å². The van der Waals surface area contributed by atoms with Gasteiger partial charge in [-0.1, -0.05) is 6.07 Å². The van der Waals surface area contributed by atoms with Crippen molar-refractivity contribution >= 4 is 28.6 Å². The van der Waals surface area contributed by atoms with Gasteiger partial charge in [0.25, 0.3) is 0 Å². The number of hydrogen-bond donors (Lipinski definition) is 1. The van der Waals surface area contributed by atoms with Crippen molar-refractivity contribution < 1.29 is 14.3 Å². The molecular formula is C17H19N3O3. The minimum atomic E-state index is -0.378. The van der Waals surface area contributed by atoms with Crippen LogP contribution in [-0.2, 0) is 9.53 Å². The lowest BCUT2D eigenvalue weighted by molar-refractivity contribution is -0.121. The number of ether oxygens (including phenoxy) is 1. The van der Waals surface area contributed by atoms with Crippen LogP contribution >= 0.6 is 0 Å². The molecule has 1 fully saturated rings. The van der Waals surface area contributed by atoms with Crippen molar-refractivity contribution in [2.75, 3.05) is 25.5 Å². The van der Waals surface area contributed by atoms with Crippen LogP contribution < -0.4 is 5.32 Å². The predicted molar refractivity (Wildman–Crippen MR) is 87.1 cm³/mol. The van der Waals surface area contributed by atoms with Gasteiger partial charge in [-0.25, -0.2) is 4.79 Å². The Balaban J connectivity index is 1.74. The topological polar surface area (TPSA) is 71.5 Å². The Bertz CT molecular complexity index is 727. The van der Waals surface area contributed by atoms with Gasteiger partial charge < -0.3 is 15.0 Å². The lowest BCUT2D eigenvalue weighted by Crippen LogP contribution is -2.43. The van der Waals surface area contributed by atoms with Crippen LogP contribution in [0.3, 0.4) is 0 Å². The van der Waals surface area contributed by atoms with Crippen molar-refractivity contribution in [1.82, 2.24) is 9.88 Å². The number of piperidine rings is 1. The summed E-state index contributed by atoms with van der Waals surface area (Å²) in [6.07, 6.45) is 2.91. The fourth-order valence-electron chi connectivity index (χ4n) is 2.93. The number of carbonyl (C=O) groups excluding carboxylic acids is 2.